The molecular formula is C22H23N9O2. The van der Waals surface area contributed by atoms with E-state index in [1.54, 1.807) is 24.7 Å². The van der Waals surface area contributed by atoms with Gasteiger partial charge in [0.25, 0.3) is 0 Å². The van der Waals surface area contributed by atoms with Gasteiger partial charge in [0.05, 0.1) is 30.7 Å². The van der Waals surface area contributed by atoms with Crippen LogP contribution in [0.5, 0.6) is 0 Å². The van der Waals surface area contributed by atoms with Crippen LogP contribution >= 0.6 is 0 Å². The van der Waals surface area contributed by atoms with Gasteiger partial charge in [0, 0.05) is 50.3 Å². The van der Waals surface area contributed by atoms with Crippen molar-refractivity contribution in [2.75, 3.05) is 32.8 Å². The highest BCUT2D eigenvalue weighted by Gasteiger charge is 2.36. The van der Waals surface area contributed by atoms with Gasteiger partial charge in [-0.3, -0.25) is 14.7 Å². The van der Waals surface area contributed by atoms with E-state index in [9.17, 15) is 10.1 Å². The number of carbonyl (C=O) groups is 1. The number of nitriles is 1. The highest BCUT2D eigenvalue weighted by Crippen LogP contribution is 2.29. The van der Waals surface area contributed by atoms with E-state index in [1.165, 1.54) is 11.0 Å². The Bertz CT molecular complexity index is 1170. The molecule has 0 radical (unpaired) electrons. The van der Waals surface area contributed by atoms with Crippen LogP contribution in [-0.4, -0.2) is 84.7 Å². The average molecular weight is 445 g/mol. The fourth-order valence-electron chi connectivity index (χ4n) is 4.39. The number of carbonyl (C=O) groups excluding carboxylic acids is 1. The topological polar surface area (TPSA) is 126 Å². The predicted molar refractivity (Wildman–Crippen MR) is 115 cm³/mol. The van der Waals surface area contributed by atoms with Crippen LogP contribution in [0.15, 0.2) is 37.1 Å². The molecule has 0 aliphatic carbocycles. The van der Waals surface area contributed by atoms with Gasteiger partial charge in [-0.2, -0.15) is 9.94 Å². The minimum atomic E-state index is -0.117. The number of hydrogen-bond acceptors (Lipinski definition) is 9. The fraction of sp³-hybridized carbons (Fsp3) is 0.409. The van der Waals surface area contributed by atoms with Crippen LogP contribution in [0.4, 0.5) is 0 Å². The summed E-state index contributed by atoms with van der Waals surface area (Å²) in [5, 5.41) is 20.3. The molecule has 2 fully saturated rings. The van der Waals surface area contributed by atoms with Gasteiger partial charge in [-0.1, -0.05) is 6.07 Å². The molecule has 33 heavy (non-hydrogen) atoms. The van der Waals surface area contributed by atoms with E-state index < -0.39 is 0 Å². The molecule has 5 rings (SSSR count). The lowest BCUT2D eigenvalue weighted by atomic mass is 9.99. The summed E-state index contributed by atoms with van der Waals surface area (Å²) in [6, 6.07) is 6.02. The van der Waals surface area contributed by atoms with E-state index in [0.717, 1.165) is 29.8 Å². The SMILES string of the molecule is Cc1c(C#N)cncc1[C@@H]1CN2CCN(C(=O)Cc3ccc(-n4cnnn4)nc3)C[C@H]2CO1. The average Bonchev–Trinajstić information content (AvgIpc) is 3.39. The number of tetrazole rings is 1. The second-order valence-electron chi connectivity index (χ2n) is 8.28. The summed E-state index contributed by atoms with van der Waals surface area (Å²) >= 11 is 0. The molecule has 168 valence electrons. The molecule has 2 aliphatic rings. The van der Waals surface area contributed by atoms with Crippen LogP contribution in [-0.2, 0) is 16.0 Å². The van der Waals surface area contributed by atoms with Gasteiger partial charge in [0.1, 0.15) is 12.4 Å². The third-order valence-electron chi connectivity index (χ3n) is 6.32. The molecule has 2 aliphatic heterocycles. The van der Waals surface area contributed by atoms with Crippen molar-refractivity contribution in [2.24, 2.45) is 0 Å². The Morgan fingerprint density at radius 1 is 1.24 bits per heavy atom. The molecule has 11 nitrogen and oxygen atoms in total. The molecule has 11 heteroatoms. The number of morpholine rings is 1. The van der Waals surface area contributed by atoms with E-state index in [4.69, 9.17) is 4.74 Å². The molecule has 5 heterocycles. The second kappa shape index (κ2) is 9.01. The first-order valence-electron chi connectivity index (χ1n) is 10.8. The van der Waals surface area contributed by atoms with Gasteiger partial charge >= 0.3 is 0 Å². The lowest BCUT2D eigenvalue weighted by Crippen LogP contribution is -2.59. The van der Waals surface area contributed by atoms with E-state index >= 15 is 0 Å². The lowest BCUT2D eigenvalue weighted by molar-refractivity contribution is -0.139. The first-order chi connectivity index (χ1) is 16.1. The van der Waals surface area contributed by atoms with Crippen LogP contribution in [0.2, 0.25) is 0 Å². The summed E-state index contributed by atoms with van der Waals surface area (Å²) in [4.78, 5) is 25.7. The molecule has 3 aromatic rings. The molecule has 0 aromatic carbocycles. The molecule has 0 spiro atoms. The Morgan fingerprint density at radius 3 is 2.91 bits per heavy atom. The summed E-state index contributed by atoms with van der Waals surface area (Å²) in [6.07, 6.45) is 6.72. The number of pyridine rings is 2. The van der Waals surface area contributed by atoms with E-state index in [2.05, 4.69) is 36.5 Å². The summed E-state index contributed by atoms with van der Waals surface area (Å²) < 4.78 is 7.62. The minimum Gasteiger partial charge on any atom is -0.370 e. The van der Waals surface area contributed by atoms with E-state index in [0.29, 0.717) is 37.5 Å². The molecule has 1 amide bonds. The van der Waals surface area contributed by atoms with E-state index in [1.807, 2.05) is 17.9 Å². The molecule has 2 saturated heterocycles. The molecule has 0 unspecified atom stereocenters. The van der Waals surface area contributed by atoms with Crippen molar-refractivity contribution in [3.63, 3.8) is 0 Å². The van der Waals surface area contributed by atoms with Gasteiger partial charge in [-0.25, -0.2) is 4.98 Å². The van der Waals surface area contributed by atoms with Gasteiger partial charge in [0.15, 0.2) is 5.82 Å². The summed E-state index contributed by atoms with van der Waals surface area (Å²) in [6.45, 7) is 5.30. The summed E-state index contributed by atoms with van der Waals surface area (Å²) in [5.74, 6) is 0.681. The zero-order valence-electron chi connectivity index (χ0n) is 18.2. The molecule has 0 saturated carbocycles. The van der Waals surface area contributed by atoms with Crippen molar-refractivity contribution in [2.45, 2.75) is 25.5 Å². The Kier molecular flexibility index (Phi) is 5.77. The third kappa shape index (κ3) is 4.30. The number of hydrogen-bond donors (Lipinski definition) is 0. The Hall–Kier alpha value is -3.75. The lowest BCUT2D eigenvalue weighted by Gasteiger charge is -2.46. The van der Waals surface area contributed by atoms with Gasteiger partial charge < -0.3 is 9.64 Å². The maximum atomic E-state index is 12.9. The molecule has 3 aromatic heterocycles. The zero-order chi connectivity index (χ0) is 22.8. The first-order valence-corrected chi connectivity index (χ1v) is 10.8. The molecule has 2 atom stereocenters. The third-order valence-corrected chi connectivity index (χ3v) is 6.32. The predicted octanol–water partition coefficient (Wildman–Crippen LogP) is 0.459. The highest BCUT2D eigenvalue weighted by atomic mass is 16.5. The second-order valence-corrected chi connectivity index (χ2v) is 8.28. The molecule has 0 bridgehead atoms. The maximum absolute atomic E-state index is 12.9. The maximum Gasteiger partial charge on any atom is 0.227 e. The largest absolute Gasteiger partial charge is 0.370 e. The number of piperazine rings is 1. The van der Waals surface area contributed by atoms with Crippen molar-refractivity contribution < 1.29 is 9.53 Å². The quantitative estimate of drug-likeness (QED) is 0.563. The van der Waals surface area contributed by atoms with Gasteiger partial charge in [-0.05, 0) is 34.5 Å². The van der Waals surface area contributed by atoms with Crippen LogP contribution in [0, 0.1) is 18.3 Å². The van der Waals surface area contributed by atoms with Crippen molar-refractivity contribution in [3.05, 3.63) is 59.3 Å². The molecule has 0 N–H and O–H groups in total. The standard InChI is InChI=1S/C22H23N9O2/c1-15-17(7-23)9-24-10-19(15)20-12-29-4-5-30(11-18(29)13-33-20)22(32)6-16-2-3-21(25-8-16)31-14-26-27-28-31/h2-3,8-10,14,18,20H,4-6,11-13H2,1H3/t18-,20-/m0/s1. The van der Waals surface area contributed by atoms with Crippen LogP contribution in [0.3, 0.4) is 0 Å². The van der Waals surface area contributed by atoms with E-state index in [-0.39, 0.29) is 18.1 Å². The smallest absolute Gasteiger partial charge is 0.227 e. The Morgan fingerprint density at radius 2 is 2.15 bits per heavy atom. The van der Waals surface area contributed by atoms with Crippen molar-refractivity contribution in [3.8, 4) is 11.9 Å². The Labute approximate surface area is 190 Å². The van der Waals surface area contributed by atoms with Gasteiger partial charge in [-0.15, -0.1) is 5.10 Å². The molecular weight excluding hydrogens is 422 g/mol. The zero-order valence-corrected chi connectivity index (χ0v) is 18.2. The van der Waals surface area contributed by atoms with Crippen molar-refractivity contribution in [1.29, 1.82) is 5.26 Å². The number of amides is 1. The first kappa shape index (κ1) is 21.1. The van der Waals surface area contributed by atoms with Crippen molar-refractivity contribution >= 4 is 5.91 Å². The summed E-state index contributed by atoms with van der Waals surface area (Å²) in [7, 11) is 0. The number of fused-ring (bicyclic) bond motifs is 1. The summed E-state index contributed by atoms with van der Waals surface area (Å²) in [5.41, 5.74) is 3.31. The highest BCUT2D eigenvalue weighted by molar-refractivity contribution is 5.78. The normalized spacial score (nSPS) is 20.8. The Balaban J connectivity index is 1.18. The fourth-order valence-corrected chi connectivity index (χ4v) is 4.39. The van der Waals surface area contributed by atoms with Crippen molar-refractivity contribution in [1.82, 2.24) is 40.0 Å². The number of ether oxygens (including phenoxy) is 1. The number of nitrogens with zero attached hydrogens (tertiary/aromatic N) is 9. The van der Waals surface area contributed by atoms with Crippen LogP contribution < -0.4 is 0 Å². The van der Waals surface area contributed by atoms with Gasteiger partial charge in [0.2, 0.25) is 5.91 Å². The minimum absolute atomic E-state index is 0.0792. The van der Waals surface area contributed by atoms with Crippen LogP contribution in [0.25, 0.3) is 5.82 Å². The monoisotopic (exact) mass is 445 g/mol. The number of rotatable bonds is 4. The van der Waals surface area contributed by atoms with Crippen LogP contribution in [0.1, 0.15) is 28.4 Å². The number of aromatic nitrogens is 6.